The van der Waals surface area contributed by atoms with E-state index in [0.29, 0.717) is 23.1 Å². The van der Waals surface area contributed by atoms with E-state index in [1.807, 2.05) is 12.1 Å². The molecule has 18 heavy (non-hydrogen) atoms. The van der Waals surface area contributed by atoms with E-state index in [1.54, 1.807) is 12.1 Å². The van der Waals surface area contributed by atoms with Gasteiger partial charge in [-0.3, -0.25) is 9.59 Å². The third-order valence-corrected chi connectivity index (χ3v) is 3.98. The number of hydrogen-bond acceptors (Lipinski definition) is 3. The quantitative estimate of drug-likeness (QED) is 0.817. The Morgan fingerprint density at radius 1 is 1.33 bits per heavy atom. The first-order chi connectivity index (χ1) is 8.65. The first kappa shape index (κ1) is 13.6. The molecule has 1 aliphatic rings. The van der Waals surface area contributed by atoms with Gasteiger partial charge in [0.05, 0.1) is 11.5 Å². The summed E-state index contributed by atoms with van der Waals surface area (Å²) in [6, 6.07) is 7.69. The molecule has 1 fully saturated rings. The summed E-state index contributed by atoms with van der Waals surface area (Å²) in [6.07, 6.45) is 2.18. The van der Waals surface area contributed by atoms with E-state index >= 15 is 0 Å². The Hall–Kier alpha value is -0.810. The lowest BCUT2D eigenvalue weighted by molar-refractivity contribution is -0.118. The molecule has 1 saturated carbocycles. The van der Waals surface area contributed by atoms with Gasteiger partial charge in [-0.25, -0.2) is 0 Å². The first-order valence-electron chi connectivity index (χ1n) is 5.81. The van der Waals surface area contributed by atoms with Crippen LogP contribution < -0.4 is 5.32 Å². The van der Waals surface area contributed by atoms with Crippen molar-refractivity contribution in [3.05, 3.63) is 34.3 Å². The lowest BCUT2D eigenvalue weighted by Gasteiger charge is -2.03. The normalized spacial score (nSPS) is 14.3. The van der Waals surface area contributed by atoms with Crippen molar-refractivity contribution >= 4 is 39.4 Å². The third kappa shape index (κ3) is 4.46. The Balaban J connectivity index is 1.72. The van der Waals surface area contributed by atoms with Gasteiger partial charge in [-0.05, 0) is 25.0 Å². The van der Waals surface area contributed by atoms with Crippen molar-refractivity contribution in [2.75, 3.05) is 11.5 Å². The lowest BCUT2D eigenvalue weighted by Crippen LogP contribution is -2.27. The van der Waals surface area contributed by atoms with Crippen LogP contribution in [0.2, 0.25) is 0 Å². The highest BCUT2D eigenvalue weighted by atomic mass is 79.9. The molecule has 0 heterocycles. The van der Waals surface area contributed by atoms with Crippen molar-refractivity contribution in [1.29, 1.82) is 0 Å². The minimum atomic E-state index is 0.0320. The molecular weight excluding hydrogens is 314 g/mol. The maximum Gasteiger partial charge on any atom is 0.230 e. The topological polar surface area (TPSA) is 46.2 Å². The minimum absolute atomic E-state index is 0.0320. The Bertz CT molecular complexity index is 460. The summed E-state index contributed by atoms with van der Waals surface area (Å²) < 4.78 is 0.893. The van der Waals surface area contributed by atoms with Gasteiger partial charge < -0.3 is 5.32 Å². The maximum atomic E-state index is 11.8. The summed E-state index contributed by atoms with van der Waals surface area (Å²) >= 11 is 4.70. The number of halogens is 1. The SMILES string of the molecule is O=C(CSCC(=O)c1cccc(Br)c1)NC1CC1. The number of Topliss-reactive ketones (excluding diaryl/α,β-unsaturated/α-hetero) is 1. The summed E-state index contributed by atoms with van der Waals surface area (Å²) in [7, 11) is 0. The average molecular weight is 328 g/mol. The molecule has 0 aromatic heterocycles. The Labute approximate surface area is 119 Å². The van der Waals surface area contributed by atoms with E-state index < -0.39 is 0 Å². The van der Waals surface area contributed by atoms with Gasteiger partial charge in [-0.15, -0.1) is 11.8 Å². The highest BCUT2D eigenvalue weighted by molar-refractivity contribution is 9.10. The van der Waals surface area contributed by atoms with Gasteiger partial charge in [0.1, 0.15) is 0 Å². The van der Waals surface area contributed by atoms with Crippen molar-refractivity contribution in [3.8, 4) is 0 Å². The summed E-state index contributed by atoms with van der Waals surface area (Å²) in [5.41, 5.74) is 0.680. The van der Waals surface area contributed by atoms with E-state index in [9.17, 15) is 9.59 Å². The molecule has 1 N–H and O–H groups in total. The summed E-state index contributed by atoms with van der Waals surface area (Å²) in [5, 5.41) is 2.90. The van der Waals surface area contributed by atoms with Gasteiger partial charge >= 0.3 is 0 Å². The van der Waals surface area contributed by atoms with Crippen LogP contribution in [-0.2, 0) is 4.79 Å². The van der Waals surface area contributed by atoms with E-state index in [-0.39, 0.29) is 11.7 Å². The number of carbonyl (C=O) groups is 2. The largest absolute Gasteiger partial charge is 0.353 e. The molecule has 0 aliphatic heterocycles. The van der Waals surface area contributed by atoms with Crippen LogP contribution in [0.15, 0.2) is 28.7 Å². The molecule has 1 aliphatic carbocycles. The van der Waals surface area contributed by atoms with Gasteiger partial charge in [-0.1, -0.05) is 28.1 Å². The average Bonchev–Trinajstić information content (AvgIpc) is 3.12. The van der Waals surface area contributed by atoms with Crippen LogP contribution >= 0.6 is 27.7 Å². The fourth-order valence-corrected chi connectivity index (χ4v) is 2.60. The van der Waals surface area contributed by atoms with Gasteiger partial charge in [-0.2, -0.15) is 0 Å². The maximum absolute atomic E-state index is 11.8. The molecule has 1 aromatic carbocycles. The highest BCUT2D eigenvalue weighted by Crippen LogP contribution is 2.19. The van der Waals surface area contributed by atoms with Crippen molar-refractivity contribution in [3.63, 3.8) is 0 Å². The lowest BCUT2D eigenvalue weighted by atomic mass is 10.2. The smallest absolute Gasteiger partial charge is 0.230 e. The van der Waals surface area contributed by atoms with Crippen LogP contribution in [0.1, 0.15) is 23.2 Å². The fourth-order valence-electron chi connectivity index (χ4n) is 1.48. The summed E-state index contributed by atoms with van der Waals surface area (Å²) in [6.45, 7) is 0. The minimum Gasteiger partial charge on any atom is -0.353 e. The Kier molecular flexibility index (Phi) is 4.83. The zero-order valence-electron chi connectivity index (χ0n) is 9.82. The molecule has 0 radical (unpaired) electrons. The second-order valence-corrected chi connectivity index (χ2v) is 6.17. The van der Waals surface area contributed by atoms with Crippen LogP contribution in [-0.4, -0.2) is 29.2 Å². The number of nitrogens with one attached hydrogen (secondary N) is 1. The van der Waals surface area contributed by atoms with Crippen LogP contribution in [0.25, 0.3) is 0 Å². The highest BCUT2D eigenvalue weighted by Gasteiger charge is 2.23. The van der Waals surface area contributed by atoms with Gasteiger partial charge in [0.15, 0.2) is 5.78 Å². The van der Waals surface area contributed by atoms with E-state index in [1.165, 1.54) is 11.8 Å². The summed E-state index contributed by atoms with van der Waals surface area (Å²) in [5.74, 6) is 0.787. The first-order valence-corrected chi connectivity index (χ1v) is 7.76. The Morgan fingerprint density at radius 2 is 2.11 bits per heavy atom. The zero-order chi connectivity index (χ0) is 13.0. The third-order valence-electron chi connectivity index (χ3n) is 2.56. The number of thioether (sulfide) groups is 1. The zero-order valence-corrected chi connectivity index (χ0v) is 12.2. The molecule has 0 spiro atoms. The van der Waals surface area contributed by atoms with Crippen LogP contribution in [0, 0.1) is 0 Å². The second-order valence-electron chi connectivity index (χ2n) is 4.27. The van der Waals surface area contributed by atoms with Crippen LogP contribution in [0.3, 0.4) is 0 Å². The molecular formula is C13H14BrNO2S. The molecule has 5 heteroatoms. The molecule has 3 nitrogen and oxygen atoms in total. The number of rotatable bonds is 6. The van der Waals surface area contributed by atoms with Crippen LogP contribution in [0.4, 0.5) is 0 Å². The molecule has 0 bridgehead atoms. The van der Waals surface area contributed by atoms with Gasteiger partial charge in [0, 0.05) is 16.1 Å². The molecule has 0 atom stereocenters. The predicted molar refractivity (Wildman–Crippen MR) is 77.0 cm³/mol. The molecule has 1 aromatic rings. The molecule has 0 saturated heterocycles. The van der Waals surface area contributed by atoms with Gasteiger partial charge in [0.2, 0.25) is 5.91 Å². The number of amides is 1. The van der Waals surface area contributed by atoms with E-state index in [2.05, 4.69) is 21.2 Å². The van der Waals surface area contributed by atoms with E-state index in [4.69, 9.17) is 0 Å². The van der Waals surface area contributed by atoms with Crippen LogP contribution in [0.5, 0.6) is 0 Å². The molecule has 96 valence electrons. The predicted octanol–water partition coefficient (Wildman–Crippen LogP) is 2.64. The van der Waals surface area contributed by atoms with Crippen molar-refractivity contribution in [2.24, 2.45) is 0 Å². The number of carbonyl (C=O) groups excluding carboxylic acids is 2. The number of hydrogen-bond donors (Lipinski definition) is 1. The number of benzene rings is 1. The molecule has 0 unspecified atom stereocenters. The van der Waals surface area contributed by atoms with E-state index in [0.717, 1.165) is 17.3 Å². The Morgan fingerprint density at radius 3 is 2.78 bits per heavy atom. The monoisotopic (exact) mass is 327 g/mol. The number of ketones is 1. The molecule has 2 rings (SSSR count). The molecule has 1 amide bonds. The fraction of sp³-hybridized carbons (Fsp3) is 0.385. The van der Waals surface area contributed by atoms with Crippen molar-refractivity contribution in [2.45, 2.75) is 18.9 Å². The van der Waals surface area contributed by atoms with Crippen molar-refractivity contribution < 1.29 is 9.59 Å². The standard InChI is InChI=1S/C13H14BrNO2S/c14-10-3-1-2-9(6-10)12(16)7-18-8-13(17)15-11-4-5-11/h1-3,6,11H,4-5,7-8H2,(H,15,17). The van der Waals surface area contributed by atoms with Gasteiger partial charge in [0.25, 0.3) is 0 Å². The second kappa shape index (κ2) is 6.38. The summed E-state index contributed by atoms with van der Waals surface area (Å²) in [4.78, 5) is 23.3. The van der Waals surface area contributed by atoms with Crippen molar-refractivity contribution in [1.82, 2.24) is 5.32 Å².